The van der Waals surface area contributed by atoms with Crippen LogP contribution >= 0.6 is 11.6 Å². The number of hydrogen-bond acceptors (Lipinski definition) is 6. The third-order valence-corrected chi connectivity index (χ3v) is 12.8. The number of aliphatic hydroxyl groups excluding tert-OH is 1. The number of nitrogens with zero attached hydrogens (tertiary/aromatic N) is 1. The molecule has 1 heterocycles. The molecule has 7 nitrogen and oxygen atoms in total. The van der Waals surface area contributed by atoms with Crippen molar-refractivity contribution in [3.05, 3.63) is 136 Å². The van der Waals surface area contributed by atoms with E-state index in [4.69, 9.17) is 20.8 Å². The molecule has 11 heteroatoms. The summed E-state index contributed by atoms with van der Waals surface area (Å²) in [6.45, 7) is 6.40. The maximum absolute atomic E-state index is 14.6. The largest absolute Gasteiger partial charge is 0.453 e. The summed E-state index contributed by atoms with van der Waals surface area (Å²) in [6, 6.07) is 24.6. The fourth-order valence-electron chi connectivity index (χ4n) is 9.04. The fourth-order valence-corrected chi connectivity index (χ4v) is 9.25. The van der Waals surface area contributed by atoms with Crippen molar-refractivity contribution in [1.29, 1.82) is 0 Å². The van der Waals surface area contributed by atoms with Crippen LogP contribution in [0, 0.1) is 5.41 Å². The summed E-state index contributed by atoms with van der Waals surface area (Å²) in [6.07, 6.45) is 0.428. The van der Waals surface area contributed by atoms with Gasteiger partial charge in [-0.1, -0.05) is 79.6 Å². The number of allylic oxidation sites excluding steroid dienone is 2. The number of hydrogen-bond donors (Lipinski definition) is 2. The molecule has 3 aliphatic carbocycles. The van der Waals surface area contributed by atoms with Crippen LogP contribution in [0.1, 0.15) is 104 Å². The maximum Gasteiger partial charge on any atom is 0.416 e. The standard InChI is InChI=1S/C48H49ClF3NO6/c1-4-24-53(45(56)58-36-16-13-32-9-5-6-10-33(32)27-36)29-47(57)23-21-40-37-17-12-31(25-35(54)15-11-30(2)8-7-22-46(40,47)3)26-38(37)44(55)43-20-19-42(59-43)39-28-34(48(50,51)52)14-18-41(39)49/h5-6,8-10,12-14,16-20,26-28,35,40,54,57H,4,7,11,15,21-25,29H2,1-3H3. The first-order valence-corrected chi connectivity index (χ1v) is 20.6. The summed E-state index contributed by atoms with van der Waals surface area (Å²) in [5, 5.41) is 25.9. The van der Waals surface area contributed by atoms with Gasteiger partial charge >= 0.3 is 12.3 Å². The number of rotatable bonds is 8. The Bertz CT molecular complexity index is 2390. The second-order valence-electron chi connectivity index (χ2n) is 16.4. The van der Waals surface area contributed by atoms with E-state index in [1.807, 2.05) is 69.3 Å². The summed E-state index contributed by atoms with van der Waals surface area (Å²) >= 11 is 6.33. The van der Waals surface area contributed by atoms with Crippen LogP contribution in [-0.4, -0.2) is 51.8 Å². The van der Waals surface area contributed by atoms with E-state index in [1.54, 1.807) is 17.0 Å². The molecule has 4 atom stereocenters. The molecule has 0 aliphatic heterocycles. The number of furan rings is 1. The summed E-state index contributed by atoms with van der Waals surface area (Å²) < 4.78 is 52.8. The summed E-state index contributed by atoms with van der Waals surface area (Å²) in [7, 11) is 0. The topological polar surface area (TPSA) is 100 Å². The minimum absolute atomic E-state index is 0.000323. The Morgan fingerprint density at radius 1 is 0.966 bits per heavy atom. The van der Waals surface area contributed by atoms with Crippen molar-refractivity contribution < 1.29 is 42.1 Å². The Balaban J connectivity index is 1.25. The first kappa shape index (κ1) is 42.2. The van der Waals surface area contributed by atoms with E-state index in [2.05, 4.69) is 6.08 Å². The average molecular weight is 828 g/mol. The van der Waals surface area contributed by atoms with Crippen LogP contribution in [0.15, 0.2) is 107 Å². The van der Waals surface area contributed by atoms with Gasteiger partial charge in [0.15, 0.2) is 5.76 Å². The molecule has 0 spiro atoms. The zero-order valence-electron chi connectivity index (χ0n) is 33.4. The van der Waals surface area contributed by atoms with Crippen LogP contribution in [0.5, 0.6) is 5.75 Å². The highest BCUT2D eigenvalue weighted by molar-refractivity contribution is 6.33. The number of aliphatic hydroxyl groups is 2. The van der Waals surface area contributed by atoms with Gasteiger partial charge in [-0.15, -0.1) is 0 Å². The van der Waals surface area contributed by atoms with Crippen molar-refractivity contribution in [2.75, 3.05) is 13.1 Å². The summed E-state index contributed by atoms with van der Waals surface area (Å²) in [5.74, 6) is -0.519. The Hall–Kier alpha value is -4.90. The van der Waals surface area contributed by atoms with Crippen molar-refractivity contribution in [3.63, 3.8) is 0 Å². The molecule has 5 aromatic rings. The predicted molar refractivity (Wildman–Crippen MR) is 223 cm³/mol. The molecule has 4 unspecified atom stereocenters. The van der Waals surface area contributed by atoms with E-state index in [-0.39, 0.29) is 34.6 Å². The summed E-state index contributed by atoms with van der Waals surface area (Å²) in [5.41, 5.74) is -0.276. The smallest absolute Gasteiger partial charge is 0.416 e. The normalized spacial score (nSPS) is 22.4. The molecule has 3 aliphatic rings. The third kappa shape index (κ3) is 8.86. The summed E-state index contributed by atoms with van der Waals surface area (Å²) in [4.78, 5) is 30.1. The van der Waals surface area contributed by atoms with E-state index >= 15 is 0 Å². The lowest BCUT2D eigenvalue weighted by atomic mass is 9.64. The first-order chi connectivity index (χ1) is 28.1. The Morgan fingerprint density at radius 3 is 2.51 bits per heavy atom. The number of halogens is 4. The van der Waals surface area contributed by atoms with Crippen molar-refractivity contribution >= 4 is 34.2 Å². The number of fused-ring (bicyclic) bond motifs is 9. The maximum atomic E-state index is 14.6. The second-order valence-corrected chi connectivity index (χ2v) is 16.8. The van der Waals surface area contributed by atoms with E-state index in [1.165, 1.54) is 12.1 Å². The molecule has 1 amide bonds. The number of amides is 1. The fraction of sp³-hybridized carbons (Fsp3) is 0.375. The van der Waals surface area contributed by atoms with Crippen LogP contribution in [0.25, 0.3) is 22.1 Å². The molecule has 4 aromatic carbocycles. The quantitative estimate of drug-likeness (QED) is 0.119. The minimum Gasteiger partial charge on any atom is -0.453 e. The molecule has 0 radical (unpaired) electrons. The highest BCUT2D eigenvalue weighted by Crippen LogP contribution is 2.59. The van der Waals surface area contributed by atoms with Gasteiger partial charge in [0.1, 0.15) is 11.5 Å². The van der Waals surface area contributed by atoms with Gasteiger partial charge < -0.3 is 24.3 Å². The van der Waals surface area contributed by atoms with Gasteiger partial charge in [-0.3, -0.25) is 4.79 Å². The molecule has 310 valence electrons. The monoisotopic (exact) mass is 827 g/mol. The van der Waals surface area contributed by atoms with E-state index in [0.717, 1.165) is 40.1 Å². The highest BCUT2D eigenvalue weighted by Gasteiger charge is 2.58. The average Bonchev–Trinajstić information content (AvgIpc) is 3.78. The molecule has 8 rings (SSSR count). The van der Waals surface area contributed by atoms with Gasteiger partial charge in [-0.05, 0) is 135 Å². The Kier molecular flexibility index (Phi) is 12.2. The molecule has 2 bridgehead atoms. The molecule has 1 fully saturated rings. The lowest BCUT2D eigenvalue weighted by Gasteiger charge is -2.46. The number of ether oxygens (including phenoxy) is 1. The molecule has 1 aromatic heterocycles. The number of ketones is 1. The second kappa shape index (κ2) is 17.0. The van der Waals surface area contributed by atoms with Gasteiger partial charge in [-0.2, -0.15) is 13.2 Å². The van der Waals surface area contributed by atoms with Crippen molar-refractivity contribution in [1.82, 2.24) is 4.90 Å². The highest BCUT2D eigenvalue weighted by atomic mass is 35.5. The SMILES string of the molecule is CCCN(CC1(O)CCC2c3ccc(cc3C(=O)c3ccc(-c4cc(C(F)(F)F)ccc4Cl)o3)CC(O)CCC(C)=CCCC21C)C(=O)Oc1ccc2ccccc2c1. The van der Waals surface area contributed by atoms with Crippen molar-refractivity contribution in [3.8, 4) is 17.1 Å². The van der Waals surface area contributed by atoms with Gasteiger partial charge in [-0.25, -0.2) is 4.79 Å². The molecular formula is C48H49ClF3NO6. The van der Waals surface area contributed by atoms with Crippen LogP contribution in [0.2, 0.25) is 5.02 Å². The molecular weight excluding hydrogens is 779 g/mol. The molecule has 0 saturated heterocycles. The molecule has 2 N–H and O–H groups in total. The minimum atomic E-state index is -4.61. The van der Waals surface area contributed by atoms with Crippen molar-refractivity contribution in [2.24, 2.45) is 5.41 Å². The number of alkyl halides is 3. The molecule has 1 saturated carbocycles. The van der Waals surface area contributed by atoms with Gasteiger partial charge in [0, 0.05) is 23.1 Å². The first-order valence-electron chi connectivity index (χ1n) is 20.2. The van der Waals surface area contributed by atoms with E-state index < -0.39 is 40.7 Å². The third-order valence-electron chi connectivity index (χ3n) is 12.4. The Morgan fingerprint density at radius 2 is 1.75 bits per heavy atom. The number of carbonyl (C=O) groups excluding carboxylic acids is 2. The van der Waals surface area contributed by atoms with Crippen LogP contribution < -0.4 is 4.74 Å². The van der Waals surface area contributed by atoms with Crippen molar-refractivity contribution in [2.45, 2.75) is 95.9 Å². The predicted octanol–water partition coefficient (Wildman–Crippen LogP) is 12.0. The Labute approximate surface area is 347 Å². The molecule has 59 heavy (non-hydrogen) atoms. The zero-order valence-corrected chi connectivity index (χ0v) is 34.2. The van der Waals surface area contributed by atoms with Crippen LogP contribution in [0.3, 0.4) is 0 Å². The van der Waals surface area contributed by atoms with E-state index in [9.17, 15) is 33.0 Å². The lowest BCUT2D eigenvalue weighted by molar-refractivity contribution is -0.137. The van der Waals surface area contributed by atoms with E-state index in [0.29, 0.717) is 74.8 Å². The van der Waals surface area contributed by atoms with Gasteiger partial charge in [0.05, 0.1) is 28.8 Å². The van der Waals surface area contributed by atoms with Crippen LogP contribution in [0.4, 0.5) is 18.0 Å². The zero-order chi connectivity index (χ0) is 42.1. The number of benzene rings is 4. The lowest BCUT2D eigenvalue weighted by Crippen LogP contribution is -2.54. The number of carbonyl (C=O) groups is 2. The van der Waals surface area contributed by atoms with Crippen LogP contribution in [-0.2, 0) is 12.6 Å². The van der Waals surface area contributed by atoms with Gasteiger partial charge in [0.25, 0.3) is 0 Å². The van der Waals surface area contributed by atoms with Gasteiger partial charge in [0.2, 0.25) is 5.78 Å².